The second-order valence-electron chi connectivity index (χ2n) is 15.6. The van der Waals surface area contributed by atoms with Gasteiger partial charge in [-0.1, -0.05) is 148 Å². The Kier molecular flexibility index (Phi) is 7.44. The Labute approximate surface area is 313 Å². The normalized spacial score (nSPS) is 17.8. The highest BCUT2D eigenvalue weighted by atomic mass is 16.5. The largest absolute Gasteiger partial charge is 0.454 e. The second-order valence-corrected chi connectivity index (χ2v) is 15.6. The van der Waals surface area contributed by atoms with E-state index in [1.165, 1.54) is 55.5 Å². The van der Waals surface area contributed by atoms with Crippen molar-refractivity contribution in [1.29, 1.82) is 0 Å². The van der Waals surface area contributed by atoms with E-state index in [0.29, 0.717) is 11.8 Å². The van der Waals surface area contributed by atoms with Crippen molar-refractivity contribution in [3.8, 4) is 33.8 Å². The van der Waals surface area contributed by atoms with E-state index in [4.69, 9.17) is 4.74 Å². The van der Waals surface area contributed by atoms with Gasteiger partial charge in [-0.15, -0.1) is 0 Å². The number of rotatable bonds is 6. The van der Waals surface area contributed by atoms with Crippen molar-refractivity contribution >= 4 is 33.4 Å². The van der Waals surface area contributed by atoms with Crippen LogP contribution in [0, 0.1) is 5.92 Å². The van der Waals surface area contributed by atoms with Gasteiger partial charge < -0.3 is 9.64 Å². The third kappa shape index (κ3) is 5.07. The minimum atomic E-state index is -0.0633. The summed E-state index contributed by atoms with van der Waals surface area (Å²) < 4.78 is 7.35. The lowest BCUT2D eigenvalue weighted by molar-refractivity contribution is 0.460. The topological polar surface area (TPSA) is 12.5 Å². The number of para-hydroxylation sites is 1. The zero-order valence-electron chi connectivity index (χ0n) is 30.6. The first-order valence-electron chi connectivity index (χ1n) is 19.2. The van der Waals surface area contributed by atoms with Gasteiger partial charge in [-0.25, -0.2) is 0 Å². The van der Waals surface area contributed by atoms with Crippen molar-refractivity contribution < 1.29 is 4.74 Å². The first kappa shape index (κ1) is 31.8. The third-order valence-electron chi connectivity index (χ3n) is 12.2. The van der Waals surface area contributed by atoms with Crippen LogP contribution in [-0.2, 0) is 5.41 Å². The summed E-state index contributed by atoms with van der Waals surface area (Å²) in [4.78, 5) is 2.42. The predicted octanol–water partition coefficient (Wildman–Crippen LogP) is 14.4. The van der Waals surface area contributed by atoms with E-state index in [1.807, 2.05) is 0 Å². The Morgan fingerprint density at radius 3 is 2.30 bits per heavy atom. The molecule has 1 heterocycles. The molecule has 0 saturated heterocycles. The van der Waals surface area contributed by atoms with Gasteiger partial charge in [-0.3, -0.25) is 0 Å². The molecule has 10 rings (SSSR count). The molecule has 2 unspecified atom stereocenters. The molecule has 0 spiro atoms. The number of benzene rings is 6. The number of nitrogens with zero attached hydrogens (tertiary/aromatic N) is 1. The molecule has 2 nitrogen and oxygen atoms in total. The molecular weight excluding hydrogens is 643 g/mol. The molecular formula is C51H43NO. The summed E-state index contributed by atoms with van der Waals surface area (Å²) in [5.41, 5.74) is 14.9. The standard InChI is InChI=1S/C51H43NO/c1-33(34-14-6-4-7-15-34)40-20-13-22-43-42-21-12-18-37-26-31-47(50(48(37)42)53-49(40)43)52(38-27-24-36(25-28-38)35-16-8-5-9-17-35)39-29-30-46-44(32-39)41-19-10-11-23-45(41)51(46,2)3/h4-8,10-14,16,18-34H,9,15,17H2,1-3H3. The van der Waals surface area contributed by atoms with Gasteiger partial charge in [0, 0.05) is 27.7 Å². The van der Waals surface area contributed by atoms with Crippen molar-refractivity contribution in [3.63, 3.8) is 0 Å². The van der Waals surface area contributed by atoms with Gasteiger partial charge in [0.25, 0.3) is 0 Å². The Morgan fingerprint density at radius 2 is 1.47 bits per heavy atom. The molecule has 0 radical (unpaired) electrons. The Balaban J connectivity index is 1.18. The Bertz CT molecular complexity index is 2560. The van der Waals surface area contributed by atoms with Crippen LogP contribution in [0.25, 0.3) is 38.6 Å². The summed E-state index contributed by atoms with van der Waals surface area (Å²) in [5, 5.41) is 2.35. The molecule has 0 bridgehead atoms. The van der Waals surface area contributed by atoms with Gasteiger partial charge in [0.15, 0.2) is 5.75 Å². The van der Waals surface area contributed by atoms with Crippen LogP contribution in [0.2, 0.25) is 0 Å². The Hall–Kier alpha value is -5.86. The van der Waals surface area contributed by atoms with Crippen LogP contribution in [0.1, 0.15) is 68.2 Å². The molecule has 0 saturated carbocycles. The van der Waals surface area contributed by atoms with Crippen LogP contribution in [0.3, 0.4) is 0 Å². The molecule has 2 heteroatoms. The Morgan fingerprint density at radius 1 is 0.679 bits per heavy atom. The summed E-state index contributed by atoms with van der Waals surface area (Å²) in [6.07, 6.45) is 18.9. The number of allylic oxidation sites excluding steroid dienone is 8. The molecule has 0 N–H and O–H groups in total. The van der Waals surface area contributed by atoms with Crippen molar-refractivity contribution in [2.75, 3.05) is 4.90 Å². The van der Waals surface area contributed by atoms with Crippen LogP contribution >= 0.6 is 0 Å². The molecule has 4 aliphatic rings. The van der Waals surface area contributed by atoms with E-state index in [1.54, 1.807) is 0 Å². The van der Waals surface area contributed by atoms with E-state index in [2.05, 4.69) is 183 Å². The molecule has 6 aromatic carbocycles. The fraction of sp³-hybridized carbons (Fsp3) is 0.176. The van der Waals surface area contributed by atoms with Gasteiger partial charge in [0.2, 0.25) is 0 Å². The number of ether oxygens (including phenoxy) is 1. The summed E-state index contributed by atoms with van der Waals surface area (Å²) in [5.74, 6) is 2.61. The maximum atomic E-state index is 7.35. The zero-order chi connectivity index (χ0) is 35.7. The smallest absolute Gasteiger partial charge is 0.159 e. The lowest BCUT2D eigenvalue weighted by Gasteiger charge is -2.33. The average Bonchev–Trinajstić information content (AvgIpc) is 3.44. The van der Waals surface area contributed by atoms with Gasteiger partial charge in [-0.2, -0.15) is 0 Å². The first-order valence-corrected chi connectivity index (χ1v) is 19.2. The van der Waals surface area contributed by atoms with Crippen molar-refractivity contribution in [1.82, 2.24) is 0 Å². The van der Waals surface area contributed by atoms with Crippen LogP contribution in [0.15, 0.2) is 158 Å². The van der Waals surface area contributed by atoms with Crippen LogP contribution in [-0.4, -0.2) is 0 Å². The van der Waals surface area contributed by atoms with Crippen molar-refractivity contribution in [2.24, 2.45) is 5.92 Å². The lowest BCUT2D eigenvalue weighted by Crippen LogP contribution is -2.16. The van der Waals surface area contributed by atoms with E-state index in [-0.39, 0.29) is 5.41 Å². The van der Waals surface area contributed by atoms with E-state index in [0.717, 1.165) is 53.2 Å². The monoisotopic (exact) mass is 685 g/mol. The summed E-state index contributed by atoms with van der Waals surface area (Å²) in [6.45, 7) is 7.05. The van der Waals surface area contributed by atoms with E-state index in [9.17, 15) is 0 Å². The quantitative estimate of drug-likeness (QED) is 0.173. The molecule has 3 aliphatic carbocycles. The molecule has 1 aliphatic heterocycles. The SMILES string of the molecule is CC(c1cccc2c1Oc1c(N(c3ccc(C4=CC=CCC4)cc3)c3ccc4c(c3)-c3ccccc3C4(C)C)ccc3cccc-2c13)C1C=CC=CC1. The number of hydrogen-bond donors (Lipinski definition) is 0. The van der Waals surface area contributed by atoms with Crippen LogP contribution in [0.4, 0.5) is 17.1 Å². The van der Waals surface area contributed by atoms with E-state index < -0.39 is 0 Å². The molecule has 2 atom stereocenters. The number of anilines is 3. The number of fused-ring (bicyclic) bond motifs is 5. The number of hydrogen-bond acceptors (Lipinski definition) is 2. The minimum Gasteiger partial charge on any atom is -0.454 e. The molecule has 258 valence electrons. The highest BCUT2D eigenvalue weighted by Gasteiger charge is 2.36. The zero-order valence-corrected chi connectivity index (χ0v) is 30.6. The molecule has 0 aromatic heterocycles. The molecule has 6 aromatic rings. The van der Waals surface area contributed by atoms with Crippen molar-refractivity contribution in [2.45, 2.75) is 51.4 Å². The van der Waals surface area contributed by atoms with Crippen molar-refractivity contribution in [3.05, 3.63) is 180 Å². The maximum absolute atomic E-state index is 7.35. The van der Waals surface area contributed by atoms with Gasteiger partial charge in [0.05, 0.1) is 5.69 Å². The van der Waals surface area contributed by atoms with E-state index >= 15 is 0 Å². The first-order chi connectivity index (χ1) is 26.0. The summed E-state index contributed by atoms with van der Waals surface area (Å²) in [6, 6.07) is 43.1. The van der Waals surface area contributed by atoms with Crippen LogP contribution < -0.4 is 9.64 Å². The second kappa shape index (κ2) is 12.4. The highest BCUT2D eigenvalue weighted by Crippen LogP contribution is 2.56. The summed E-state index contributed by atoms with van der Waals surface area (Å²) in [7, 11) is 0. The fourth-order valence-corrected chi connectivity index (χ4v) is 9.32. The highest BCUT2D eigenvalue weighted by molar-refractivity contribution is 6.08. The molecule has 0 fully saturated rings. The average molecular weight is 686 g/mol. The van der Waals surface area contributed by atoms with Crippen LogP contribution in [0.5, 0.6) is 11.5 Å². The lowest BCUT2D eigenvalue weighted by atomic mass is 9.81. The van der Waals surface area contributed by atoms with Gasteiger partial charge in [0.1, 0.15) is 5.75 Å². The fourth-order valence-electron chi connectivity index (χ4n) is 9.32. The molecule has 0 amide bonds. The van der Waals surface area contributed by atoms with Gasteiger partial charge in [-0.05, 0) is 111 Å². The maximum Gasteiger partial charge on any atom is 0.159 e. The molecule has 53 heavy (non-hydrogen) atoms. The predicted molar refractivity (Wildman–Crippen MR) is 223 cm³/mol. The summed E-state index contributed by atoms with van der Waals surface area (Å²) >= 11 is 0. The third-order valence-corrected chi connectivity index (χ3v) is 12.2. The van der Waals surface area contributed by atoms with Gasteiger partial charge >= 0.3 is 0 Å². The minimum absolute atomic E-state index is 0.0633.